The molecule has 2 unspecified atom stereocenters. The van der Waals surface area contributed by atoms with E-state index in [1.165, 1.54) is 154 Å². The van der Waals surface area contributed by atoms with Gasteiger partial charge in [0.05, 0.1) is 6.61 Å². The van der Waals surface area contributed by atoms with Gasteiger partial charge >= 0.3 is 0 Å². The van der Waals surface area contributed by atoms with E-state index in [4.69, 9.17) is 5.11 Å². The predicted molar refractivity (Wildman–Crippen MR) is 234 cm³/mol. The molecule has 0 bridgehead atoms. The van der Waals surface area contributed by atoms with Crippen LogP contribution in [0.1, 0.15) is 264 Å². The fourth-order valence-electron chi connectivity index (χ4n) is 7.55. The van der Waals surface area contributed by atoms with Crippen LogP contribution in [0.4, 0.5) is 0 Å². The van der Waals surface area contributed by atoms with Gasteiger partial charge in [0.1, 0.15) is 23.8 Å². The zero-order valence-corrected chi connectivity index (χ0v) is 36.4. The predicted octanol–water partition coefficient (Wildman–Crippen LogP) is 13.6. The Balaban J connectivity index is 3.30. The van der Waals surface area contributed by atoms with E-state index < -0.39 is 18.8 Å². The van der Waals surface area contributed by atoms with Gasteiger partial charge in [0.2, 0.25) is 0 Å². The van der Waals surface area contributed by atoms with Crippen molar-refractivity contribution in [3.8, 4) is 0 Å². The molecule has 0 rings (SSSR count). The number of hydrogen-bond donors (Lipinski definition) is 3. The lowest BCUT2D eigenvalue weighted by Crippen LogP contribution is -2.36. The number of ketones is 3. The molecule has 0 aromatic carbocycles. The Morgan fingerprint density at radius 2 is 0.636 bits per heavy atom. The first kappa shape index (κ1) is 53.6. The number of allylic oxidation sites excluding steroid dienone is 2. The summed E-state index contributed by atoms with van der Waals surface area (Å²) in [5.74, 6) is 0.577. The van der Waals surface area contributed by atoms with Gasteiger partial charge in [-0.25, -0.2) is 0 Å². The smallest absolute Gasteiger partial charge is 0.164 e. The van der Waals surface area contributed by atoms with Gasteiger partial charge in [-0.05, 0) is 57.8 Å². The van der Waals surface area contributed by atoms with E-state index in [0.717, 1.165) is 96.3 Å². The van der Waals surface area contributed by atoms with Crippen molar-refractivity contribution in [2.75, 3.05) is 6.61 Å². The van der Waals surface area contributed by atoms with Gasteiger partial charge in [0.25, 0.3) is 0 Å². The van der Waals surface area contributed by atoms with E-state index in [2.05, 4.69) is 19.1 Å². The second-order valence-electron chi connectivity index (χ2n) is 16.9. The van der Waals surface area contributed by atoms with Crippen LogP contribution in [0, 0.1) is 0 Å². The van der Waals surface area contributed by atoms with Crippen molar-refractivity contribution < 1.29 is 29.7 Å². The molecule has 6 nitrogen and oxygen atoms in total. The topological polar surface area (TPSA) is 112 Å². The van der Waals surface area contributed by atoms with Crippen molar-refractivity contribution >= 4 is 17.3 Å². The molecule has 0 fully saturated rings. The minimum Gasteiger partial charge on any atom is -0.394 e. The van der Waals surface area contributed by atoms with Crippen LogP contribution in [0.15, 0.2) is 12.2 Å². The number of aliphatic hydroxyl groups excluding tert-OH is 3. The summed E-state index contributed by atoms with van der Waals surface area (Å²) >= 11 is 0. The molecule has 0 radical (unpaired) electrons. The molecule has 0 amide bonds. The van der Waals surface area contributed by atoms with Crippen LogP contribution in [-0.4, -0.2) is 51.5 Å². The first-order chi connectivity index (χ1) is 26.9. The Labute approximate surface area is 340 Å². The van der Waals surface area contributed by atoms with Crippen molar-refractivity contribution in [1.82, 2.24) is 0 Å². The maximum Gasteiger partial charge on any atom is 0.164 e. The van der Waals surface area contributed by atoms with E-state index in [1.54, 1.807) is 0 Å². The molecular weight excluding hydrogens is 685 g/mol. The van der Waals surface area contributed by atoms with Crippen molar-refractivity contribution in [2.45, 2.75) is 276 Å². The monoisotopic (exact) mass is 777 g/mol. The highest BCUT2D eigenvalue weighted by Crippen LogP contribution is 2.17. The van der Waals surface area contributed by atoms with E-state index in [1.807, 2.05) is 0 Å². The molecule has 324 valence electrons. The molecule has 6 heteroatoms. The molecule has 0 spiro atoms. The molecule has 0 aromatic rings. The molecular formula is C49H92O6. The van der Waals surface area contributed by atoms with E-state index >= 15 is 0 Å². The highest BCUT2D eigenvalue weighted by atomic mass is 16.4. The van der Waals surface area contributed by atoms with Crippen molar-refractivity contribution in [1.29, 1.82) is 0 Å². The van der Waals surface area contributed by atoms with Crippen LogP contribution < -0.4 is 0 Å². The fourth-order valence-corrected chi connectivity index (χ4v) is 7.55. The molecule has 0 aromatic heterocycles. The third-order valence-electron chi connectivity index (χ3n) is 11.4. The summed E-state index contributed by atoms with van der Waals surface area (Å²) in [5.41, 5.74) is 0. The fraction of sp³-hybridized carbons (Fsp3) is 0.898. The van der Waals surface area contributed by atoms with E-state index in [-0.39, 0.29) is 12.2 Å². The maximum absolute atomic E-state index is 12.3. The van der Waals surface area contributed by atoms with Crippen LogP contribution in [0.3, 0.4) is 0 Å². The Kier molecular flexibility index (Phi) is 42.7. The average molecular weight is 777 g/mol. The summed E-state index contributed by atoms with van der Waals surface area (Å²) in [6.45, 7) is 1.67. The number of aliphatic hydroxyl groups is 3. The Hall–Kier alpha value is -1.37. The molecule has 2 atom stereocenters. The molecule has 0 saturated heterocycles. The normalized spacial score (nSPS) is 12.8. The van der Waals surface area contributed by atoms with E-state index in [0.29, 0.717) is 11.6 Å². The van der Waals surface area contributed by atoms with Gasteiger partial charge in [-0.1, -0.05) is 186 Å². The van der Waals surface area contributed by atoms with Crippen molar-refractivity contribution in [3.05, 3.63) is 12.2 Å². The lowest BCUT2D eigenvalue weighted by Gasteiger charge is -2.13. The molecule has 0 heterocycles. The van der Waals surface area contributed by atoms with Crippen LogP contribution in [0.25, 0.3) is 0 Å². The van der Waals surface area contributed by atoms with Gasteiger partial charge in [-0.3, -0.25) is 14.4 Å². The third-order valence-corrected chi connectivity index (χ3v) is 11.4. The lowest BCUT2D eigenvalue weighted by molar-refractivity contribution is -0.134. The van der Waals surface area contributed by atoms with Crippen molar-refractivity contribution in [2.24, 2.45) is 0 Å². The largest absolute Gasteiger partial charge is 0.394 e. The summed E-state index contributed by atoms with van der Waals surface area (Å²) in [6.07, 6.45) is 48.2. The number of carbonyl (C=O) groups excluding carboxylic acids is 3. The van der Waals surface area contributed by atoms with Gasteiger partial charge in [0.15, 0.2) is 5.78 Å². The SMILES string of the molecule is CCCCCCCCCCCC(=O)CCCCCCCCCCCCCCCC(=O)CCCCCCCC/C=C\CCCCCCCC(=O)C(O)C(O)CO. The number of hydrogen-bond acceptors (Lipinski definition) is 6. The molecule has 0 aliphatic rings. The Morgan fingerprint density at radius 3 is 0.927 bits per heavy atom. The standard InChI is InChI=1S/C49H92O6/c1-2-3-4-5-6-19-24-29-34-39-45(51)40-35-31-26-21-16-12-10-13-17-22-27-32-37-42-46(52)41-36-30-25-20-15-11-8-7-9-14-18-23-28-33-38-43-47(53)49(55)48(54)44-50/h7,9,48-50,54-55H,2-6,8,10-44H2,1H3/b9-7-. The lowest BCUT2D eigenvalue weighted by atomic mass is 10.0. The zero-order valence-electron chi connectivity index (χ0n) is 36.4. The molecule has 3 N–H and O–H groups in total. The Morgan fingerprint density at radius 1 is 0.382 bits per heavy atom. The van der Waals surface area contributed by atoms with Crippen LogP contribution in [0.2, 0.25) is 0 Å². The second-order valence-corrected chi connectivity index (χ2v) is 16.9. The van der Waals surface area contributed by atoms with Crippen molar-refractivity contribution in [3.63, 3.8) is 0 Å². The number of unbranched alkanes of at least 4 members (excludes halogenated alkanes) is 31. The second kappa shape index (κ2) is 43.7. The highest BCUT2D eigenvalue weighted by molar-refractivity contribution is 5.83. The first-order valence-corrected chi connectivity index (χ1v) is 24.1. The first-order valence-electron chi connectivity index (χ1n) is 24.1. The third kappa shape index (κ3) is 40.6. The van der Waals surface area contributed by atoms with Crippen LogP contribution >= 0.6 is 0 Å². The maximum atomic E-state index is 12.3. The van der Waals surface area contributed by atoms with Gasteiger partial charge in [-0.2, -0.15) is 0 Å². The number of Topliss-reactive ketones (excluding diaryl/α,β-unsaturated/α-hetero) is 3. The highest BCUT2D eigenvalue weighted by Gasteiger charge is 2.22. The number of rotatable bonds is 46. The summed E-state index contributed by atoms with van der Waals surface area (Å²) in [4.78, 5) is 36.1. The summed E-state index contributed by atoms with van der Waals surface area (Å²) in [5, 5.41) is 27.7. The minimum atomic E-state index is -1.46. The minimum absolute atomic E-state index is 0.255. The zero-order chi connectivity index (χ0) is 40.3. The van der Waals surface area contributed by atoms with E-state index in [9.17, 15) is 24.6 Å². The van der Waals surface area contributed by atoms with Crippen LogP contribution in [0.5, 0.6) is 0 Å². The molecule has 0 aliphatic carbocycles. The molecule has 0 saturated carbocycles. The summed E-state index contributed by atoms with van der Waals surface area (Å²) in [7, 11) is 0. The average Bonchev–Trinajstić information content (AvgIpc) is 3.19. The van der Waals surface area contributed by atoms with Gasteiger partial charge in [-0.15, -0.1) is 0 Å². The van der Waals surface area contributed by atoms with Crippen LogP contribution in [-0.2, 0) is 14.4 Å². The van der Waals surface area contributed by atoms with Gasteiger partial charge < -0.3 is 15.3 Å². The Bertz CT molecular complexity index is 869. The summed E-state index contributed by atoms with van der Waals surface area (Å²) in [6, 6.07) is 0. The van der Waals surface area contributed by atoms with Gasteiger partial charge in [0, 0.05) is 32.1 Å². The quantitative estimate of drug-likeness (QED) is 0.0419. The molecule has 0 aliphatic heterocycles. The summed E-state index contributed by atoms with van der Waals surface area (Å²) < 4.78 is 0. The molecule has 55 heavy (non-hydrogen) atoms. The number of carbonyl (C=O) groups is 3.